The zero-order valence-corrected chi connectivity index (χ0v) is 7.16. The fraction of sp³-hybridized carbons (Fsp3) is 0.875. The van der Waals surface area contributed by atoms with Gasteiger partial charge in [-0.1, -0.05) is 6.42 Å². The maximum absolute atomic E-state index is 11.6. The van der Waals surface area contributed by atoms with Gasteiger partial charge >= 0.3 is 6.18 Å². The fourth-order valence-electron chi connectivity index (χ4n) is 1.20. The van der Waals surface area contributed by atoms with E-state index in [1.807, 2.05) is 0 Å². The number of carbonyl (C=O) groups is 1. The molecule has 1 aliphatic rings. The summed E-state index contributed by atoms with van der Waals surface area (Å²) in [6, 6.07) is 0. The number of halogens is 3. The molecule has 0 aromatic rings. The van der Waals surface area contributed by atoms with Gasteiger partial charge in [0, 0.05) is 5.92 Å². The summed E-state index contributed by atoms with van der Waals surface area (Å²) in [5.74, 6) is -0.0729. The second kappa shape index (κ2) is 4.09. The Kier molecular flexibility index (Phi) is 3.30. The van der Waals surface area contributed by atoms with E-state index in [9.17, 15) is 18.0 Å². The molecule has 1 rings (SSSR count). The standard InChI is InChI=1S/C8H12F3NO/c9-8(10,11)5-12-4-7(13)6-2-1-3-6/h6,12H,1-5H2. The minimum Gasteiger partial charge on any atom is -0.302 e. The van der Waals surface area contributed by atoms with Gasteiger partial charge in [-0.15, -0.1) is 0 Å². The third-order valence-electron chi connectivity index (χ3n) is 2.19. The van der Waals surface area contributed by atoms with Crippen LogP contribution in [0.15, 0.2) is 0 Å². The van der Waals surface area contributed by atoms with Crippen LogP contribution in [0, 0.1) is 5.92 Å². The molecule has 76 valence electrons. The summed E-state index contributed by atoms with van der Waals surface area (Å²) in [6.07, 6.45) is -1.52. The number of hydrogen-bond donors (Lipinski definition) is 1. The Labute approximate surface area is 74.5 Å². The first-order chi connectivity index (χ1) is 5.99. The van der Waals surface area contributed by atoms with Gasteiger partial charge in [-0.05, 0) is 12.8 Å². The van der Waals surface area contributed by atoms with Gasteiger partial charge in [0.05, 0.1) is 13.1 Å². The summed E-state index contributed by atoms with van der Waals surface area (Å²) in [5.41, 5.74) is 0. The molecule has 0 heterocycles. The van der Waals surface area contributed by atoms with Crippen molar-refractivity contribution in [3.8, 4) is 0 Å². The van der Waals surface area contributed by atoms with E-state index >= 15 is 0 Å². The molecule has 0 saturated heterocycles. The van der Waals surface area contributed by atoms with Crippen LogP contribution >= 0.6 is 0 Å². The van der Waals surface area contributed by atoms with Crippen LogP contribution in [0.3, 0.4) is 0 Å². The second-order valence-electron chi connectivity index (χ2n) is 3.31. The fourth-order valence-corrected chi connectivity index (χ4v) is 1.20. The predicted octanol–water partition coefficient (Wildman–Crippen LogP) is 1.51. The van der Waals surface area contributed by atoms with Crippen molar-refractivity contribution < 1.29 is 18.0 Å². The largest absolute Gasteiger partial charge is 0.401 e. The molecule has 0 aliphatic heterocycles. The molecule has 0 spiro atoms. The molecule has 1 aliphatic carbocycles. The molecule has 0 atom stereocenters. The van der Waals surface area contributed by atoms with E-state index in [1.54, 1.807) is 0 Å². The number of rotatable bonds is 4. The van der Waals surface area contributed by atoms with Crippen molar-refractivity contribution in [3.63, 3.8) is 0 Å². The molecule has 1 saturated carbocycles. The van der Waals surface area contributed by atoms with Crippen molar-refractivity contribution in [2.24, 2.45) is 5.92 Å². The minimum atomic E-state index is -4.22. The van der Waals surface area contributed by atoms with E-state index in [-0.39, 0.29) is 18.2 Å². The Morgan fingerprint density at radius 3 is 2.38 bits per heavy atom. The lowest BCUT2D eigenvalue weighted by molar-refractivity contribution is -0.130. The van der Waals surface area contributed by atoms with Crippen LogP contribution in [0.25, 0.3) is 0 Å². The molecule has 0 amide bonds. The van der Waals surface area contributed by atoms with E-state index < -0.39 is 12.7 Å². The van der Waals surface area contributed by atoms with E-state index in [4.69, 9.17) is 0 Å². The van der Waals surface area contributed by atoms with Gasteiger partial charge < -0.3 is 5.32 Å². The molecule has 0 bridgehead atoms. The Bertz CT molecular complexity index is 186. The molecule has 1 fully saturated rings. The lowest BCUT2D eigenvalue weighted by Gasteiger charge is -2.23. The molecular formula is C8H12F3NO. The molecule has 0 radical (unpaired) electrons. The third-order valence-corrected chi connectivity index (χ3v) is 2.19. The van der Waals surface area contributed by atoms with E-state index in [0.29, 0.717) is 0 Å². The molecule has 1 N–H and O–H groups in total. The number of nitrogens with one attached hydrogen (secondary N) is 1. The second-order valence-corrected chi connectivity index (χ2v) is 3.31. The third kappa shape index (κ3) is 3.76. The van der Waals surface area contributed by atoms with Crippen molar-refractivity contribution in [1.29, 1.82) is 0 Å². The molecule has 0 aromatic heterocycles. The Balaban J connectivity index is 2.08. The van der Waals surface area contributed by atoms with Gasteiger partial charge in [0.1, 0.15) is 5.78 Å². The van der Waals surface area contributed by atoms with Crippen molar-refractivity contribution in [1.82, 2.24) is 5.32 Å². The van der Waals surface area contributed by atoms with Crippen molar-refractivity contribution in [2.75, 3.05) is 13.1 Å². The summed E-state index contributed by atoms with van der Waals surface area (Å²) in [5, 5.41) is 2.10. The van der Waals surface area contributed by atoms with Crippen molar-refractivity contribution in [2.45, 2.75) is 25.4 Å². The highest BCUT2D eigenvalue weighted by atomic mass is 19.4. The van der Waals surface area contributed by atoms with E-state index in [0.717, 1.165) is 19.3 Å². The van der Waals surface area contributed by atoms with Gasteiger partial charge in [0.2, 0.25) is 0 Å². The number of ketones is 1. The topological polar surface area (TPSA) is 29.1 Å². The minimum absolute atomic E-state index is 0.0146. The number of Topliss-reactive ketones (excluding diaryl/α,β-unsaturated/α-hetero) is 1. The summed E-state index contributed by atoms with van der Waals surface area (Å²) >= 11 is 0. The van der Waals surface area contributed by atoms with Gasteiger partial charge in [-0.3, -0.25) is 4.79 Å². The quantitative estimate of drug-likeness (QED) is 0.736. The predicted molar refractivity (Wildman–Crippen MR) is 41.3 cm³/mol. The van der Waals surface area contributed by atoms with Crippen LogP contribution in [-0.4, -0.2) is 25.0 Å². The van der Waals surface area contributed by atoms with Crippen molar-refractivity contribution in [3.05, 3.63) is 0 Å². The highest BCUT2D eigenvalue weighted by Gasteiger charge is 2.28. The summed E-state index contributed by atoms with van der Waals surface area (Å²) in [6.45, 7) is -1.23. The number of hydrogen-bond acceptors (Lipinski definition) is 2. The SMILES string of the molecule is O=C(CNCC(F)(F)F)C1CCC1. The van der Waals surface area contributed by atoms with Crippen LogP contribution in [0.1, 0.15) is 19.3 Å². The van der Waals surface area contributed by atoms with Gasteiger partial charge in [0.15, 0.2) is 0 Å². The average Bonchev–Trinajstić information content (AvgIpc) is 1.79. The van der Waals surface area contributed by atoms with Crippen LogP contribution < -0.4 is 5.32 Å². The maximum Gasteiger partial charge on any atom is 0.401 e. The zero-order valence-electron chi connectivity index (χ0n) is 7.16. The molecular weight excluding hydrogens is 183 g/mol. The first-order valence-electron chi connectivity index (χ1n) is 4.29. The maximum atomic E-state index is 11.6. The van der Waals surface area contributed by atoms with E-state index in [2.05, 4.69) is 5.32 Å². The Morgan fingerprint density at radius 2 is 2.00 bits per heavy atom. The molecule has 13 heavy (non-hydrogen) atoms. The van der Waals surface area contributed by atoms with E-state index in [1.165, 1.54) is 0 Å². The van der Waals surface area contributed by atoms with Crippen LogP contribution in [0.4, 0.5) is 13.2 Å². The lowest BCUT2D eigenvalue weighted by atomic mass is 9.82. The lowest BCUT2D eigenvalue weighted by Crippen LogP contribution is -2.36. The highest BCUT2D eigenvalue weighted by molar-refractivity contribution is 5.83. The van der Waals surface area contributed by atoms with Crippen molar-refractivity contribution >= 4 is 5.78 Å². The summed E-state index contributed by atoms with van der Waals surface area (Å²) < 4.78 is 34.9. The van der Waals surface area contributed by atoms with Crippen LogP contribution in [0.2, 0.25) is 0 Å². The molecule has 5 heteroatoms. The Morgan fingerprint density at radius 1 is 1.38 bits per heavy atom. The van der Waals surface area contributed by atoms with Gasteiger partial charge in [0.25, 0.3) is 0 Å². The monoisotopic (exact) mass is 195 g/mol. The highest BCUT2D eigenvalue weighted by Crippen LogP contribution is 2.26. The average molecular weight is 195 g/mol. The van der Waals surface area contributed by atoms with Gasteiger partial charge in [-0.2, -0.15) is 13.2 Å². The Hall–Kier alpha value is -0.580. The number of carbonyl (C=O) groups excluding carboxylic acids is 1. The zero-order chi connectivity index (χ0) is 9.90. The van der Waals surface area contributed by atoms with Crippen LogP contribution in [-0.2, 0) is 4.79 Å². The summed E-state index contributed by atoms with van der Waals surface area (Å²) in [4.78, 5) is 11.1. The normalized spacial score (nSPS) is 18.4. The smallest absolute Gasteiger partial charge is 0.302 e. The summed E-state index contributed by atoms with van der Waals surface area (Å²) in [7, 11) is 0. The molecule has 0 aromatic carbocycles. The van der Waals surface area contributed by atoms with Crippen LogP contribution in [0.5, 0.6) is 0 Å². The first kappa shape index (κ1) is 10.5. The van der Waals surface area contributed by atoms with Gasteiger partial charge in [-0.25, -0.2) is 0 Å². The molecule has 2 nitrogen and oxygen atoms in total. The molecule has 0 unspecified atom stereocenters. The first-order valence-corrected chi connectivity index (χ1v) is 4.29. The number of alkyl halides is 3.